The van der Waals surface area contributed by atoms with E-state index in [1.54, 1.807) is 30.3 Å². The predicted octanol–water partition coefficient (Wildman–Crippen LogP) is 1.59. The largest absolute Gasteiger partial charge is 0.477 e. The summed E-state index contributed by atoms with van der Waals surface area (Å²) in [5, 5.41) is 19.8. The number of pyridine rings is 1. The number of carboxylic acid groups (broad SMARTS) is 1. The Morgan fingerprint density at radius 3 is 2.41 bits per heavy atom. The van der Waals surface area contributed by atoms with Gasteiger partial charge in [-0.1, -0.05) is 12.1 Å². The fraction of sp³-hybridized carbons (Fsp3) is 0.0667. The zero-order valence-electron chi connectivity index (χ0n) is 11.3. The van der Waals surface area contributed by atoms with Crippen LogP contribution in [0.5, 0.6) is 0 Å². The van der Waals surface area contributed by atoms with Crippen molar-refractivity contribution in [2.75, 3.05) is 5.32 Å². The highest BCUT2D eigenvalue weighted by Crippen LogP contribution is 2.19. The van der Waals surface area contributed by atoms with E-state index in [0.717, 1.165) is 0 Å². The topological polar surface area (TPSA) is 123 Å². The van der Waals surface area contributed by atoms with Crippen LogP contribution in [0.3, 0.4) is 0 Å². The maximum atomic E-state index is 11.6. The van der Waals surface area contributed by atoms with Gasteiger partial charge in [-0.25, -0.2) is 4.79 Å². The SMILES string of the molecule is N#CCC(=O)Nc1ccc(-c2ccc(C(=O)O)c(=O)[nH]2)cc1. The van der Waals surface area contributed by atoms with Crippen LogP contribution in [0.15, 0.2) is 41.2 Å². The van der Waals surface area contributed by atoms with Crippen molar-refractivity contribution in [3.8, 4) is 17.3 Å². The molecule has 0 bridgehead atoms. The summed E-state index contributed by atoms with van der Waals surface area (Å²) >= 11 is 0. The van der Waals surface area contributed by atoms with Crippen LogP contribution in [0.4, 0.5) is 5.69 Å². The predicted molar refractivity (Wildman–Crippen MR) is 78.3 cm³/mol. The van der Waals surface area contributed by atoms with Gasteiger partial charge >= 0.3 is 5.97 Å². The third-order valence-corrected chi connectivity index (χ3v) is 2.86. The van der Waals surface area contributed by atoms with Gasteiger partial charge in [0.2, 0.25) is 5.91 Å². The molecule has 1 aromatic heterocycles. The molecule has 110 valence electrons. The van der Waals surface area contributed by atoms with Crippen molar-refractivity contribution in [3.63, 3.8) is 0 Å². The van der Waals surface area contributed by atoms with Gasteiger partial charge in [0.1, 0.15) is 12.0 Å². The minimum atomic E-state index is -1.29. The molecule has 0 saturated carbocycles. The van der Waals surface area contributed by atoms with Gasteiger partial charge in [0.25, 0.3) is 5.56 Å². The summed E-state index contributed by atoms with van der Waals surface area (Å²) in [4.78, 5) is 36.2. The van der Waals surface area contributed by atoms with Crippen LogP contribution in [0, 0.1) is 11.3 Å². The van der Waals surface area contributed by atoms with Crippen LogP contribution in [0.1, 0.15) is 16.8 Å². The van der Waals surface area contributed by atoms with Crippen molar-refractivity contribution in [2.24, 2.45) is 0 Å². The van der Waals surface area contributed by atoms with Crippen LogP contribution in [0.25, 0.3) is 11.3 Å². The van der Waals surface area contributed by atoms with Gasteiger partial charge in [0.05, 0.1) is 6.07 Å². The van der Waals surface area contributed by atoms with E-state index >= 15 is 0 Å². The third kappa shape index (κ3) is 3.37. The maximum Gasteiger partial charge on any atom is 0.341 e. The van der Waals surface area contributed by atoms with Crippen LogP contribution < -0.4 is 10.9 Å². The van der Waals surface area contributed by atoms with Gasteiger partial charge < -0.3 is 15.4 Å². The van der Waals surface area contributed by atoms with Crippen LogP contribution >= 0.6 is 0 Å². The number of hydrogen-bond acceptors (Lipinski definition) is 4. The summed E-state index contributed by atoms with van der Waals surface area (Å²) in [7, 11) is 0. The smallest absolute Gasteiger partial charge is 0.341 e. The molecular formula is C15H11N3O4. The van der Waals surface area contributed by atoms with E-state index in [2.05, 4.69) is 10.3 Å². The quantitative estimate of drug-likeness (QED) is 0.790. The number of aromatic nitrogens is 1. The molecule has 2 rings (SSSR count). The highest BCUT2D eigenvalue weighted by atomic mass is 16.4. The van der Waals surface area contributed by atoms with E-state index in [4.69, 9.17) is 10.4 Å². The van der Waals surface area contributed by atoms with Crippen LogP contribution in [-0.2, 0) is 4.79 Å². The minimum Gasteiger partial charge on any atom is -0.477 e. The Kier molecular flexibility index (Phi) is 4.34. The fourth-order valence-electron chi connectivity index (χ4n) is 1.82. The number of nitrogens with zero attached hydrogens (tertiary/aromatic N) is 1. The molecule has 0 radical (unpaired) electrons. The molecule has 0 fully saturated rings. The summed E-state index contributed by atoms with van der Waals surface area (Å²) in [5.74, 6) is -1.70. The number of rotatable bonds is 4. The molecule has 1 amide bonds. The molecule has 0 aliphatic carbocycles. The zero-order chi connectivity index (χ0) is 16.1. The molecule has 1 aromatic carbocycles. The van der Waals surface area contributed by atoms with E-state index in [0.29, 0.717) is 16.9 Å². The average molecular weight is 297 g/mol. The molecule has 22 heavy (non-hydrogen) atoms. The van der Waals surface area contributed by atoms with Gasteiger partial charge in [-0.3, -0.25) is 9.59 Å². The number of H-pyrrole nitrogens is 1. The lowest BCUT2D eigenvalue weighted by Gasteiger charge is -2.05. The Morgan fingerprint density at radius 1 is 1.18 bits per heavy atom. The van der Waals surface area contributed by atoms with Gasteiger partial charge in [0, 0.05) is 11.4 Å². The Hall–Kier alpha value is -3.40. The third-order valence-electron chi connectivity index (χ3n) is 2.86. The first-order chi connectivity index (χ1) is 10.5. The summed E-state index contributed by atoms with van der Waals surface area (Å²) in [5.41, 5.74) is 0.631. The van der Waals surface area contributed by atoms with Crippen LogP contribution in [0.2, 0.25) is 0 Å². The highest BCUT2D eigenvalue weighted by Gasteiger charge is 2.09. The molecule has 0 aliphatic rings. The van der Waals surface area contributed by atoms with Crippen molar-refractivity contribution in [2.45, 2.75) is 6.42 Å². The van der Waals surface area contributed by atoms with Crippen molar-refractivity contribution in [3.05, 3.63) is 52.3 Å². The summed E-state index contributed by atoms with van der Waals surface area (Å²) in [6.45, 7) is 0. The van der Waals surface area contributed by atoms with Crippen molar-refractivity contribution < 1.29 is 14.7 Å². The average Bonchev–Trinajstić information content (AvgIpc) is 2.47. The molecule has 7 nitrogen and oxygen atoms in total. The van der Waals surface area contributed by atoms with E-state index in [9.17, 15) is 14.4 Å². The van der Waals surface area contributed by atoms with Gasteiger partial charge in [-0.15, -0.1) is 0 Å². The van der Waals surface area contributed by atoms with Gasteiger partial charge in [-0.2, -0.15) is 5.26 Å². The molecule has 0 spiro atoms. The number of nitriles is 1. The molecule has 0 saturated heterocycles. The molecule has 1 heterocycles. The fourth-order valence-corrected chi connectivity index (χ4v) is 1.82. The number of nitrogens with one attached hydrogen (secondary N) is 2. The monoisotopic (exact) mass is 297 g/mol. The maximum absolute atomic E-state index is 11.6. The Morgan fingerprint density at radius 2 is 1.86 bits per heavy atom. The number of benzene rings is 1. The number of aromatic amines is 1. The molecule has 2 aromatic rings. The molecular weight excluding hydrogens is 286 g/mol. The summed E-state index contributed by atoms with van der Waals surface area (Å²) in [6, 6.07) is 11.0. The Labute approximate surface area is 124 Å². The number of hydrogen-bond donors (Lipinski definition) is 3. The van der Waals surface area contributed by atoms with E-state index in [1.807, 2.05) is 0 Å². The van der Waals surface area contributed by atoms with E-state index in [-0.39, 0.29) is 12.0 Å². The number of carbonyl (C=O) groups is 2. The summed E-state index contributed by atoms with van der Waals surface area (Å²) in [6.07, 6.45) is -0.230. The number of carboxylic acids is 1. The normalized spacial score (nSPS) is 9.77. The Balaban J connectivity index is 2.22. The second kappa shape index (κ2) is 6.37. The van der Waals surface area contributed by atoms with Crippen LogP contribution in [-0.4, -0.2) is 22.0 Å². The molecule has 0 atom stereocenters. The lowest BCUT2D eigenvalue weighted by Crippen LogP contribution is -2.17. The summed E-state index contributed by atoms with van der Waals surface area (Å²) < 4.78 is 0. The number of carbonyl (C=O) groups excluding carboxylic acids is 1. The number of amides is 1. The second-order valence-corrected chi connectivity index (χ2v) is 4.38. The van der Waals surface area contributed by atoms with Crippen molar-refractivity contribution in [1.29, 1.82) is 5.26 Å². The molecule has 0 unspecified atom stereocenters. The molecule has 3 N–H and O–H groups in total. The molecule has 7 heteroatoms. The number of anilines is 1. The lowest BCUT2D eigenvalue weighted by molar-refractivity contribution is -0.115. The zero-order valence-corrected chi connectivity index (χ0v) is 11.3. The second-order valence-electron chi connectivity index (χ2n) is 4.38. The Bertz CT molecular complexity index is 816. The van der Waals surface area contributed by atoms with Crippen molar-refractivity contribution >= 4 is 17.6 Å². The highest BCUT2D eigenvalue weighted by molar-refractivity contribution is 5.92. The first-order valence-electron chi connectivity index (χ1n) is 6.25. The van der Waals surface area contributed by atoms with E-state index in [1.165, 1.54) is 12.1 Å². The standard InChI is InChI=1S/C15H11N3O4/c16-8-7-13(19)17-10-3-1-9(2-4-10)12-6-5-11(15(21)22)14(20)18-12/h1-6H,7H2,(H,17,19)(H,18,20)(H,21,22). The number of aromatic carboxylic acids is 1. The first kappa shape index (κ1) is 15.0. The van der Waals surface area contributed by atoms with Gasteiger partial charge in [0.15, 0.2) is 0 Å². The molecule has 0 aliphatic heterocycles. The minimum absolute atomic E-state index is 0.230. The van der Waals surface area contributed by atoms with Gasteiger partial charge in [-0.05, 0) is 29.8 Å². The first-order valence-corrected chi connectivity index (χ1v) is 6.25. The van der Waals surface area contributed by atoms with E-state index < -0.39 is 17.4 Å². The lowest BCUT2D eigenvalue weighted by atomic mass is 10.1. The van der Waals surface area contributed by atoms with Crippen molar-refractivity contribution in [1.82, 2.24) is 4.98 Å².